The van der Waals surface area contributed by atoms with E-state index in [0.29, 0.717) is 11.5 Å². The van der Waals surface area contributed by atoms with E-state index >= 15 is 0 Å². The molecule has 1 aromatic carbocycles. The summed E-state index contributed by atoms with van der Waals surface area (Å²) in [5.74, 6) is 0.797. The minimum atomic E-state index is -0.341. The quantitative estimate of drug-likeness (QED) is 0.613. The van der Waals surface area contributed by atoms with Crippen LogP contribution in [0.1, 0.15) is 52.9 Å². The molecule has 0 aliphatic heterocycles. The molecule has 4 nitrogen and oxygen atoms in total. The lowest BCUT2D eigenvalue weighted by molar-refractivity contribution is -0.384. The van der Waals surface area contributed by atoms with E-state index in [4.69, 9.17) is 0 Å². The van der Waals surface area contributed by atoms with E-state index in [1.165, 1.54) is 25.3 Å². The molecule has 1 N–H and O–H groups in total. The molecule has 1 aliphatic rings. The number of hydrogen-bond acceptors (Lipinski definition) is 3. The van der Waals surface area contributed by atoms with Gasteiger partial charge in [-0.3, -0.25) is 10.1 Å². The first-order valence-electron chi connectivity index (χ1n) is 7.93. The van der Waals surface area contributed by atoms with Crippen LogP contribution in [0.4, 0.5) is 11.4 Å². The Bertz CT molecular complexity index is 491. The summed E-state index contributed by atoms with van der Waals surface area (Å²) in [6, 6.07) is 7.26. The van der Waals surface area contributed by atoms with Gasteiger partial charge in [-0.25, -0.2) is 0 Å². The highest BCUT2D eigenvalue weighted by molar-refractivity contribution is 5.51. The molecule has 1 aromatic rings. The summed E-state index contributed by atoms with van der Waals surface area (Å²) in [5, 5.41) is 14.3. The van der Waals surface area contributed by atoms with Gasteiger partial charge in [-0.1, -0.05) is 33.3 Å². The van der Waals surface area contributed by atoms with Crippen LogP contribution in [0.15, 0.2) is 24.3 Å². The average Bonchev–Trinajstić information content (AvgIpc) is 2.48. The van der Waals surface area contributed by atoms with Crippen molar-refractivity contribution in [3.63, 3.8) is 0 Å². The van der Waals surface area contributed by atoms with E-state index in [1.807, 2.05) is 6.07 Å². The summed E-state index contributed by atoms with van der Waals surface area (Å²) in [5.41, 5.74) is 1.44. The molecule has 21 heavy (non-hydrogen) atoms. The molecule has 0 radical (unpaired) electrons. The first-order chi connectivity index (χ1) is 9.92. The molecule has 2 rings (SSSR count). The van der Waals surface area contributed by atoms with Gasteiger partial charge in [0.25, 0.3) is 5.69 Å². The largest absolute Gasteiger partial charge is 0.382 e. The SMILES string of the molecule is CCC(C)(C)C1CCC(Nc2cccc([N+](=O)[O-])c2)CC1. The first-order valence-corrected chi connectivity index (χ1v) is 7.93. The van der Waals surface area contributed by atoms with Crippen LogP contribution in [-0.4, -0.2) is 11.0 Å². The van der Waals surface area contributed by atoms with Gasteiger partial charge in [-0.15, -0.1) is 0 Å². The molecule has 116 valence electrons. The Morgan fingerprint density at radius 2 is 1.95 bits per heavy atom. The van der Waals surface area contributed by atoms with E-state index in [2.05, 4.69) is 26.1 Å². The number of non-ortho nitro benzene ring substituents is 1. The molecular weight excluding hydrogens is 264 g/mol. The van der Waals surface area contributed by atoms with Gasteiger partial charge in [0.1, 0.15) is 0 Å². The number of rotatable bonds is 5. The van der Waals surface area contributed by atoms with Gasteiger partial charge in [0, 0.05) is 23.9 Å². The Morgan fingerprint density at radius 1 is 1.29 bits per heavy atom. The standard InChI is InChI=1S/C17H26N2O2/c1-4-17(2,3)13-8-10-14(11-9-13)18-15-6-5-7-16(12-15)19(20)21/h5-7,12-14,18H,4,8-11H2,1-3H3. The highest BCUT2D eigenvalue weighted by atomic mass is 16.6. The number of benzene rings is 1. The lowest BCUT2D eigenvalue weighted by atomic mass is 9.69. The van der Waals surface area contributed by atoms with Crippen molar-refractivity contribution in [3.8, 4) is 0 Å². The predicted molar refractivity (Wildman–Crippen MR) is 86.5 cm³/mol. The summed E-state index contributed by atoms with van der Waals surface area (Å²) in [6.45, 7) is 7.01. The van der Waals surface area contributed by atoms with Crippen LogP contribution in [-0.2, 0) is 0 Å². The van der Waals surface area contributed by atoms with Crippen LogP contribution in [0.5, 0.6) is 0 Å². The van der Waals surface area contributed by atoms with E-state index < -0.39 is 0 Å². The van der Waals surface area contributed by atoms with Gasteiger partial charge in [-0.05, 0) is 43.1 Å². The van der Waals surface area contributed by atoms with Gasteiger partial charge in [0.15, 0.2) is 0 Å². The zero-order valence-corrected chi connectivity index (χ0v) is 13.3. The Hall–Kier alpha value is -1.58. The summed E-state index contributed by atoms with van der Waals surface area (Å²) < 4.78 is 0. The third-order valence-corrected chi connectivity index (χ3v) is 5.17. The van der Waals surface area contributed by atoms with Crippen LogP contribution in [0, 0.1) is 21.4 Å². The second-order valence-corrected chi connectivity index (χ2v) is 6.84. The Balaban J connectivity index is 1.92. The zero-order valence-electron chi connectivity index (χ0n) is 13.3. The fourth-order valence-corrected chi connectivity index (χ4v) is 3.25. The Kier molecular flexibility index (Phi) is 4.86. The topological polar surface area (TPSA) is 55.2 Å². The highest BCUT2D eigenvalue weighted by Gasteiger charge is 2.31. The monoisotopic (exact) mass is 290 g/mol. The summed E-state index contributed by atoms with van der Waals surface area (Å²) in [7, 11) is 0. The molecule has 0 heterocycles. The summed E-state index contributed by atoms with van der Waals surface area (Å²) in [4.78, 5) is 10.5. The van der Waals surface area contributed by atoms with Gasteiger partial charge in [0.2, 0.25) is 0 Å². The maximum atomic E-state index is 10.8. The van der Waals surface area contributed by atoms with Crippen molar-refractivity contribution < 1.29 is 4.92 Å². The molecule has 1 aliphatic carbocycles. The van der Waals surface area contributed by atoms with Gasteiger partial charge in [-0.2, -0.15) is 0 Å². The number of nitrogens with one attached hydrogen (secondary N) is 1. The number of nitrogens with zero attached hydrogens (tertiary/aromatic N) is 1. The lowest BCUT2D eigenvalue weighted by Crippen LogP contribution is -2.32. The first kappa shape index (κ1) is 15.8. The summed E-state index contributed by atoms with van der Waals surface area (Å²) in [6.07, 6.45) is 6.01. The van der Waals surface area contributed by atoms with Crippen LogP contribution >= 0.6 is 0 Å². The predicted octanol–water partition coefficient (Wildman–Crippen LogP) is 5.00. The molecule has 0 aromatic heterocycles. The highest BCUT2D eigenvalue weighted by Crippen LogP contribution is 2.40. The van der Waals surface area contributed by atoms with Crippen molar-refractivity contribution in [2.24, 2.45) is 11.3 Å². The van der Waals surface area contributed by atoms with E-state index in [-0.39, 0.29) is 10.6 Å². The van der Waals surface area contributed by atoms with Crippen LogP contribution in [0.3, 0.4) is 0 Å². The van der Waals surface area contributed by atoms with Crippen LogP contribution in [0.25, 0.3) is 0 Å². The minimum absolute atomic E-state index is 0.154. The van der Waals surface area contributed by atoms with E-state index in [9.17, 15) is 10.1 Å². The Morgan fingerprint density at radius 3 is 2.52 bits per heavy atom. The lowest BCUT2D eigenvalue weighted by Gasteiger charge is -2.39. The van der Waals surface area contributed by atoms with Crippen molar-refractivity contribution in [1.29, 1.82) is 0 Å². The molecule has 0 saturated heterocycles. The van der Waals surface area contributed by atoms with Crippen molar-refractivity contribution in [2.75, 3.05) is 5.32 Å². The number of anilines is 1. The van der Waals surface area contributed by atoms with Gasteiger partial charge in [0.05, 0.1) is 4.92 Å². The molecule has 0 spiro atoms. The molecular formula is C17H26N2O2. The van der Waals surface area contributed by atoms with E-state index in [1.54, 1.807) is 12.1 Å². The number of hydrogen-bond donors (Lipinski definition) is 1. The van der Waals surface area contributed by atoms with Crippen molar-refractivity contribution in [3.05, 3.63) is 34.4 Å². The Labute approximate surface area is 127 Å². The molecule has 1 fully saturated rings. The van der Waals surface area contributed by atoms with Crippen molar-refractivity contribution in [2.45, 2.75) is 58.9 Å². The number of nitro benzene ring substituents is 1. The summed E-state index contributed by atoms with van der Waals surface area (Å²) >= 11 is 0. The smallest absolute Gasteiger partial charge is 0.271 e. The number of nitro groups is 1. The normalized spacial score (nSPS) is 22.8. The molecule has 0 unspecified atom stereocenters. The third kappa shape index (κ3) is 3.96. The molecule has 0 amide bonds. The maximum absolute atomic E-state index is 10.8. The molecule has 0 bridgehead atoms. The minimum Gasteiger partial charge on any atom is -0.382 e. The second-order valence-electron chi connectivity index (χ2n) is 6.84. The molecule has 0 atom stereocenters. The molecule has 4 heteroatoms. The van der Waals surface area contributed by atoms with E-state index in [0.717, 1.165) is 24.4 Å². The zero-order chi connectivity index (χ0) is 15.5. The van der Waals surface area contributed by atoms with Gasteiger partial charge < -0.3 is 5.32 Å². The van der Waals surface area contributed by atoms with Gasteiger partial charge >= 0.3 is 0 Å². The van der Waals surface area contributed by atoms with Crippen LogP contribution < -0.4 is 5.32 Å². The second kappa shape index (κ2) is 6.46. The van der Waals surface area contributed by atoms with Crippen molar-refractivity contribution in [1.82, 2.24) is 0 Å². The fraction of sp³-hybridized carbons (Fsp3) is 0.647. The maximum Gasteiger partial charge on any atom is 0.271 e. The average molecular weight is 290 g/mol. The van der Waals surface area contributed by atoms with Crippen molar-refractivity contribution >= 4 is 11.4 Å². The molecule has 1 saturated carbocycles. The van der Waals surface area contributed by atoms with Crippen LogP contribution in [0.2, 0.25) is 0 Å². The third-order valence-electron chi connectivity index (χ3n) is 5.17. The fourth-order valence-electron chi connectivity index (χ4n) is 3.25.